The molecule has 1 N–H and O–H groups in total. The summed E-state index contributed by atoms with van der Waals surface area (Å²) in [6.45, 7) is 1.93. The Morgan fingerprint density at radius 1 is 0.955 bits per heavy atom. The second-order valence-electron chi connectivity index (χ2n) is 5.15. The van der Waals surface area contributed by atoms with Gasteiger partial charge in [-0.15, -0.1) is 0 Å². The van der Waals surface area contributed by atoms with Crippen LogP contribution in [-0.2, 0) is 0 Å². The van der Waals surface area contributed by atoms with Crippen LogP contribution < -0.4 is 0 Å². The van der Waals surface area contributed by atoms with Gasteiger partial charge in [0.2, 0.25) is 5.88 Å². The molecule has 0 spiro atoms. The van der Waals surface area contributed by atoms with Crippen LogP contribution in [-0.4, -0.2) is 19.9 Å². The van der Waals surface area contributed by atoms with Crippen molar-refractivity contribution in [3.05, 3.63) is 59.2 Å². The van der Waals surface area contributed by atoms with Crippen LogP contribution in [0, 0.1) is 6.92 Å². The van der Waals surface area contributed by atoms with Gasteiger partial charge in [-0.2, -0.15) is 9.78 Å². The summed E-state index contributed by atoms with van der Waals surface area (Å²) in [5, 5.41) is 17.7. The van der Waals surface area contributed by atoms with E-state index in [-0.39, 0.29) is 5.88 Å². The summed E-state index contributed by atoms with van der Waals surface area (Å²) < 4.78 is 1.49. The maximum absolute atomic E-state index is 10.5. The van der Waals surface area contributed by atoms with Gasteiger partial charge in [-0.25, -0.2) is 4.98 Å². The van der Waals surface area contributed by atoms with Gasteiger partial charge in [0.25, 0.3) is 0 Å². The molecule has 0 unspecified atom stereocenters. The van der Waals surface area contributed by atoms with E-state index in [9.17, 15) is 5.11 Å². The minimum absolute atomic E-state index is 0.0335. The summed E-state index contributed by atoms with van der Waals surface area (Å²) >= 11 is 5.91. The van der Waals surface area contributed by atoms with Gasteiger partial charge < -0.3 is 5.11 Å². The molecule has 0 bridgehead atoms. The summed E-state index contributed by atoms with van der Waals surface area (Å²) in [5.41, 5.74) is 2.80. The molecule has 4 rings (SSSR count). The lowest BCUT2D eigenvalue weighted by atomic mass is 10.1. The van der Waals surface area contributed by atoms with Gasteiger partial charge in [-0.3, -0.25) is 0 Å². The third-order valence-electron chi connectivity index (χ3n) is 3.76. The van der Waals surface area contributed by atoms with Crippen molar-refractivity contribution in [2.75, 3.05) is 0 Å². The van der Waals surface area contributed by atoms with Crippen LogP contribution in [0.3, 0.4) is 0 Å². The molecular weight excluding hydrogens is 298 g/mol. The fourth-order valence-corrected chi connectivity index (χ4v) is 2.81. The van der Waals surface area contributed by atoms with Gasteiger partial charge in [0.15, 0.2) is 5.52 Å². The molecule has 0 atom stereocenters. The highest BCUT2D eigenvalue weighted by Gasteiger charge is 2.16. The van der Waals surface area contributed by atoms with Gasteiger partial charge in [-0.05, 0) is 31.2 Å². The number of hydrogen-bond donors (Lipinski definition) is 1. The minimum Gasteiger partial charge on any atom is -0.492 e. The van der Waals surface area contributed by atoms with E-state index in [1.165, 1.54) is 4.68 Å². The number of pyridine rings is 1. The molecule has 108 valence electrons. The van der Waals surface area contributed by atoms with E-state index >= 15 is 0 Å². The Kier molecular flexibility index (Phi) is 2.81. The van der Waals surface area contributed by atoms with Crippen LogP contribution in [0.2, 0.25) is 5.02 Å². The first kappa shape index (κ1) is 13.1. The Morgan fingerprint density at radius 3 is 2.36 bits per heavy atom. The molecule has 0 aliphatic rings. The number of aromatic nitrogens is 3. The second-order valence-corrected chi connectivity index (χ2v) is 5.59. The third-order valence-corrected chi connectivity index (χ3v) is 4.01. The highest BCUT2D eigenvalue weighted by Crippen LogP contribution is 2.32. The highest BCUT2D eigenvalue weighted by molar-refractivity contribution is 6.30. The van der Waals surface area contributed by atoms with Crippen LogP contribution in [0.5, 0.6) is 5.88 Å². The predicted molar refractivity (Wildman–Crippen MR) is 87.8 cm³/mol. The lowest BCUT2D eigenvalue weighted by Crippen LogP contribution is -1.94. The van der Waals surface area contributed by atoms with E-state index in [1.54, 1.807) is 12.1 Å². The third kappa shape index (κ3) is 1.84. The van der Waals surface area contributed by atoms with Crippen LogP contribution in [0.15, 0.2) is 48.5 Å². The topological polar surface area (TPSA) is 50.9 Å². The van der Waals surface area contributed by atoms with Crippen molar-refractivity contribution < 1.29 is 5.11 Å². The molecule has 0 saturated carbocycles. The second kappa shape index (κ2) is 4.71. The van der Waals surface area contributed by atoms with Crippen LogP contribution in [0.1, 0.15) is 5.69 Å². The van der Waals surface area contributed by atoms with Crippen molar-refractivity contribution in [2.45, 2.75) is 6.92 Å². The first-order valence-electron chi connectivity index (χ1n) is 6.88. The zero-order valence-electron chi connectivity index (χ0n) is 11.8. The van der Waals surface area contributed by atoms with E-state index in [4.69, 9.17) is 11.6 Å². The molecule has 2 heterocycles. The molecule has 0 aliphatic carbocycles. The standard InChI is InChI=1S/C17H12ClN3O/c1-10-13-4-2-3-5-14(13)15-16(19-10)17(22)21(20-15)12-8-6-11(18)7-9-12/h2-9,22H,1H3. The normalized spacial score (nSPS) is 11.4. The Balaban J connectivity index is 2.08. The molecule has 2 aromatic carbocycles. The number of rotatable bonds is 1. The Morgan fingerprint density at radius 2 is 1.64 bits per heavy atom. The fraction of sp³-hybridized carbons (Fsp3) is 0.0588. The Labute approximate surface area is 131 Å². The van der Waals surface area contributed by atoms with E-state index in [0.717, 1.165) is 22.2 Å². The van der Waals surface area contributed by atoms with Gasteiger partial charge >= 0.3 is 0 Å². The molecule has 0 saturated heterocycles. The fourth-order valence-electron chi connectivity index (χ4n) is 2.68. The smallest absolute Gasteiger partial charge is 0.241 e. The number of hydrogen-bond acceptors (Lipinski definition) is 3. The van der Waals surface area contributed by atoms with Gasteiger partial charge in [0, 0.05) is 21.5 Å². The van der Waals surface area contributed by atoms with Crippen molar-refractivity contribution in [3.8, 4) is 11.6 Å². The molecule has 4 nitrogen and oxygen atoms in total. The summed E-state index contributed by atoms with van der Waals surface area (Å²) in [6.07, 6.45) is 0. The quantitative estimate of drug-likeness (QED) is 0.572. The van der Waals surface area contributed by atoms with Crippen molar-refractivity contribution in [3.63, 3.8) is 0 Å². The van der Waals surface area contributed by atoms with Crippen molar-refractivity contribution in [1.82, 2.24) is 14.8 Å². The largest absolute Gasteiger partial charge is 0.492 e. The molecule has 5 heteroatoms. The highest BCUT2D eigenvalue weighted by atomic mass is 35.5. The molecule has 0 radical (unpaired) electrons. The molecule has 0 aliphatic heterocycles. The van der Waals surface area contributed by atoms with Crippen molar-refractivity contribution in [2.24, 2.45) is 0 Å². The SMILES string of the molecule is Cc1nc2c(O)n(-c3ccc(Cl)cc3)nc2c2ccccc12. The van der Waals surface area contributed by atoms with E-state index in [2.05, 4.69) is 10.1 Å². The number of halogens is 1. The zero-order chi connectivity index (χ0) is 15.3. The van der Waals surface area contributed by atoms with Gasteiger partial charge in [0.05, 0.1) is 5.69 Å². The number of fused-ring (bicyclic) bond motifs is 3. The minimum atomic E-state index is 0.0335. The molecule has 4 aromatic rings. The van der Waals surface area contributed by atoms with Gasteiger partial charge in [0.1, 0.15) is 5.52 Å². The predicted octanol–water partition coefficient (Wildman–Crippen LogP) is 4.24. The van der Waals surface area contributed by atoms with Crippen molar-refractivity contribution >= 4 is 33.4 Å². The number of nitrogens with zero attached hydrogens (tertiary/aromatic N) is 3. The lowest BCUT2D eigenvalue weighted by molar-refractivity contribution is 0.437. The first-order valence-corrected chi connectivity index (χ1v) is 7.26. The summed E-state index contributed by atoms with van der Waals surface area (Å²) in [5.74, 6) is 0.0335. The van der Waals surface area contributed by atoms with Crippen LogP contribution in [0.25, 0.3) is 27.5 Å². The van der Waals surface area contributed by atoms with Crippen molar-refractivity contribution in [1.29, 1.82) is 0 Å². The summed E-state index contributed by atoms with van der Waals surface area (Å²) in [7, 11) is 0. The summed E-state index contributed by atoms with van der Waals surface area (Å²) in [6, 6.07) is 15.1. The summed E-state index contributed by atoms with van der Waals surface area (Å²) in [4.78, 5) is 4.51. The average Bonchev–Trinajstić information content (AvgIpc) is 2.86. The monoisotopic (exact) mass is 309 g/mol. The van der Waals surface area contributed by atoms with E-state index in [0.29, 0.717) is 16.1 Å². The van der Waals surface area contributed by atoms with Gasteiger partial charge in [-0.1, -0.05) is 35.9 Å². The first-order chi connectivity index (χ1) is 10.6. The molecule has 22 heavy (non-hydrogen) atoms. The molecule has 0 amide bonds. The molecule has 2 aromatic heterocycles. The Hall–Kier alpha value is -2.59. The maximum Gasteiger partial charge on any atom is 0.241 e. The maximum atomic E-state index is 10.5. The molecule has 0 fully saturated rings. The number of benzene rings is 2. The van der Waals surface area contributed by atoms with E-state index < -0.39 is 0 Å². The number of aryl methyl sites for hydroxylation is 1. The van der Waals surface area contributed by atoms with Crippen LogP contribution >= 0.6 is 11.6 Å². The number of aromatic hydroxyl groups is 1. The molecular formula is C17H12ClN3O. The average molecular weight is 310 g/mol. The zero-order valence-corrected chi connectivity index (χ0v) is 12.5. The Bertz CT molecular complexity index is 1010. The lowest BCUT2D eigenvalue weighted by Gasteiger charge is -2.02. The van der Waals surface area contributed by atoms with E-state index in [1.807, 2.05) is 43.3 Å². The van der Waals surface area contributed by atoms with Crippen LogP contribution in [0.4, 0.5) is 0 Å².